The van der Waals surface area contributed by atoms with Crippen LogP contribution in [0.15, 0.2) is 12.1 Å². The van der Waals surface area contributed by atoms with Gasteiger partial charge in [-0.2, -0.15) is 0 Å². The molecule has 1 fully saturated rings. The number of phenols is 1. The molecule has 0 spiro atoms. The largest absolute Gasteiger partial charge is 0.507 e. The summed E-state index contributed by atoms with van der Waals surface area (Å²) >= 11 is 6.05. The quantitative estimate of drug-likeness (QED) is 0.879. The van der Waals surface area contributed by atoms with E-state index in [0.29, 0.717) is 29.0 Å². The Balaban J connectivity index is 2.60. The molecular weight excluding hydrogens is 252 g/mol. The molecule has 0 amide bonds. The summed E-state index contributed by atoms with van der Waals surface area (Å²) in [5.74, 6) is -0.675. The van der Waals surface area contributed by atoms with E-state index < -0.39 is 11.4 Å². The van der Waals surface area contributed by atoms with Crippen molar-refractivity contribution in [3.8, 4) is 5.75 Å². The van der Waals surface area contributed by atoms with Crippen molar-refractivity contribution < 1.29 is 15.0 Å². The van der Waals surface area contributed by atoms with Crippen LogP contribution in [0.2, 0.25) is 5.02 Å². The maximum absolute atomic E-state index is 11.5. The number of hydrogen-bond acceptors (Lipinski definition) is 2. The highest BCUT2D eigenvalue weighted by Gasteiger charge is 2.48. The van der Waals surface area contributed by atoms with E-state index in [4.69, 9.17) is 11.6 Å². The van der Waals surface area contributed by atoms with Crippen molar-refractivity contribution in [1.82, 2.24) is 0 Å². The lowest BCUT2D eigenvalue weighted by atomic mass is 9.64. The average molecular weight is 269 g/mol. The summed E-state index contributed by atoms with van der Waals surface area (Å²) in [7, 11) is 0. The molecule has 0 heterocycles. The number of rotatable bonds is 3. The molecule has 2 rings (SSSR count). The number of hydrogen-bond donors (Lipinski definition) is 2. The third kappa shape index (κ3) is 1.87. The molecule has 0 unspecified atom stereocenters. The molecule has 1 aromatic rings. The van der Waals surface area contributed by atoms with Gasteiger partial charge >= 0.3 is 5.97 Å². The van der Waals surface area contributed by atoms with E-state index in [1.165, 1.54) is 0 Å². The summed E-state index contributed by atoms with van der Waals surface area (Å²) in [4.78, 5) is 11.5. The molecular formula is C14H17ClO3. The van der Waals surface area contributed by atoms with E-state index in [1.807, 2.05) is 13.8 Å². The summed E-state index contributed by atoms with van der Waals surface area (Å²) in [5, 5.41) is 20.2. The minimum absolute atomic E-state index is 0.0940. The van der Waals surface area contributed by atoms with Gasteiger partial charge in [0.05, 0.1) is 5.41 Å². The van der Waals surface area contributed by atoms with Crippen molar-refractivity contribution in [3.05, 3.63) is 28.3 Å². The maximum Gasteiger partial charge on any atom is 0.314 e. The molecule has 18 heavy (non-hydrogen) atoms. The second-order valence-corrected chi connectivity index (χ2v) is 5.72. The second-order valence-electron chi connectivity index (χ2n) is 5.29. The van der Waals surface area contributed by atoms with Gasteiger partial charge in [0.15, 0.2) is 0 Å². The topological polar surface area (TPSA) is 57.5 Å². The van der Waals surface area contributed by atoms with Gasteiger partial charge in [-0.25, -0.2) is 0 Å². The van der Waals surface area contributed by atoms with Crippen molar-refractivity contribution in [2.45, 2.75) is 44.4 Å². The van der Waals surface area contributed by atoms with E-state index in [0.717, 1.165) is 6.42 Å². The standard InChI is InChI=1S/C14H17ClO3/c1-8(2)10-6-9(15)7-11(12(10)16)14(13(17)18)4-3-5-14/h6-8,16H,3-5H2,1-2H3,(H,17,18). The number of aliphatic carboxylic acids is 1. The first-order valence-electron chi connectivity index (χ1n) is 6.15. The SMILES string of the molecule is CC(C)c1cc(Cl)cc(C2(C(=O)O)CCC2)c1O. The van der Waals surface area contributed by atoms with Gasteiger partial charge in [0, 0.05) is 10.6 Å². The van der Waals surface area contributed by atoms with Crippen LogP contribution in [-0.2, 0) is 10.2 Å². The number of carboxylic acids is 1. The zero-order valence-electron chi connectivity index (χ0n) is 10.5. The van der Waals surface area contributed by atoms with E-state index >= 15 is 0 Å². The molecule has 3 nitrogen and oxygen atoms in total. The van der Waals surface area contributed by atoms with Crippen molar-refractivity contribution >= 4 is 17.6 Å². The summed E-state index contributed by atoms with van der Waals surface area (Å²) in [6.07, 6.45) is 2.00. The van der Waals surface area contributed by atoms with Crippen molar-refractivity contribution in [1.29, 1.82) is 0 Å². The Morgan fingerprint density at radius 3 is 2.39 bits per heavy atom. The Kier molecular flexibility index (Phi) is 3.28. The first-order valence-corrected chi connectivity index (χ1v) is 6.52. The Hall–Kier alpha value is -1.22. The smallest absolute Gasteiger partial charge is 0.314 e. The first kappa shape index (κ1) is 13.2. The molecule has 0 bridgehead atoms. The predicted octanol–water partition coefficient (Wildman–Crippen LogP) is 3.68. The highest BCUT2D eigenvalue weighted by molar-refractivity contribution is 6.30. The predicted molar refractivity (Wildman–Crippen MR) is 70.4 cm³/mol. The molecule has 1 aromatic carbocycles. The highest BCUT2D eigenvalue weighted by atomic mass is 35.5. The molecule has 4 heteroatoms. The number of aromatic hydroxyl groups is 1. The van der Waals surface area contributed by atoms with Crippen LogP contribution in [0, 0.1) is 0 Å². The molecule has 0 aromatic heterocycles. The molecule has 0 saturated heterocycles. The minimum Gasteiger partial charge on any atom is -0.507 e. The van der Waals surface area contributed by atoms with Crippen LogP contribution in [0.4, 0.5) is 0 Å². The first-order chi connectivity index (χ1) is 8.38. The van der Waals surface area contributed by atoms with Crippen LogP contribution in [-0.4, -0.2) is 16.2 Å². The summed E-state index contributed by atoms with van der Waals surface area (Å²) in [5.41, 5.74) is 0.237. The van der Waals surface area contributed by atoms with E-state index in [1.54, 1.807) is 12.1 Å². The number of benzene rings is 1. The summed E-state index contributed by atoms with van der Waals surface area (Å²) < 4.78 is 0. The van der Waals surface area contributed by atoms with Gasteiger partial charge in [-0.1, -0.05) is 31.9 Å². The van der Waals surface area contributed by atoms with Crippen LogP contribution in [0.3, 0.4) is 0 Å². The van der Waals surface area contributed by atoms with Crippen LogP contribution >= 0.6 is 11.6 Å². The molecule has 0 radical (unpaired) electrons. The van der Waals surface area contributed by atoms with Gasteiger partial charge in [0.1, 0.15) is 5.75 Å². The normalized spacial score (nSPS) is 17.6. The highest BCUT2D eigenvalue weighted by Crippen LogP contribution is 2.49. The van der Waals surface area contributed by atoms with Gasteiger partial charge in [-0.15, -0.1) is 0 Å². The fraction of sp³-hybridized carbons (Fsp3) is 0.500. The lowest BCUT2D eigenvalue weighted by Crippen LogP contribution is -2.42. The van der Waals surface area contributed by atoms with Gasteiger partial charge < -0.3 is 10.2 Å². The fourth-order valence-electron chi connectivity index (χ4n) is 2.55. The van der Waals surface area contributed by atoms with E-state index in [2.05, 4.69) is 0 Å². The summed E-state index contributed by atoms with van der Waals surface area (Å²) in [6.45, 7) is 3.90. The monoisotopic (exact) mass is 268 g/mol. The van der Waals surface area contributed by atoms with Crippen molar-refractivity contribution in [2.75, 3.05) is 0 Å². The molecule has 2 N–H and O–H groups in total. The second kappa shape index (κ2) is 4.47. The Morgan fingerprint density at radius 1 is 1.39 bits per heavy atom. The van der Waals surface area contributed by atoms with Crippen molar-refractivity contribution in [2.24, 2.45) is 0 Å². The lowest BCUT2D eigenvalue weighted by Gasteiger charge is -2.39. The minimum atomic E-state index is -0.946. The van der Waals surface area contributed by atoms with Crippen molar-refractivity contribution in [3.63, 3.8) is 0 Å². The number of carboxylic acid groups (broad SMARTS) is 1. The Bertz CT molecular complexity index is 490. The van der Waals surface area contributed by atoms with Crippen LogP contribution < -0.4 is 0 Å². The van der Waals surface area contributed by atoms with Crippen LogP contribution in [0.5, 0.6) is 5.75 Å². The summed E-state index contributed by atoms with van der Waals surface area (Å²) in [6, 6.07) is 3.30. The third-order valence-corrected chi connectivity index (χ3v) is 4.08. The fourth-order valence-corrected chi connectivity index (χ4v) is 2.78. The molecule has 0 aliphatic heterocycles. The van der Waals surface area contributed by atoms with Gasteiger partial charge in [0.2, 0.25) is 0 Å². The average Bonchev–Trinajstić information content (AvgIpc) is 2.19. The van der Waals surface area contributed by atoms with Crippen LogP contribution in [0.1, 0.15) is 50.2 Å². The zero-order chi connectivity index (χ0) is 13.5. The Labute approximate surface area is 111 Å². The number of carbonyl (C=O) groups is 1. The molecule has 1 aliphatic carbocycles. The van der Waals surface area contributed by atoms with Gasteiger partial charge in [-0.05, 0) is 36.5 Å². The van der Waals surface area contributed by atoms with Crippen LogP contribution in [0.25, 0.3) is 0 Å². The number of halogens is 1. The molecule has 1 aliphatic rings. The van der Waals surface area contributed by atoms with Gasteiger partial charge in [0.25, 0.3) is 0 Å². The third-order valence-electron chi connectivity index (χ3n) is 3.86. The van der Waals surface area contributed by atoms with E-state index in [-0.39, 0.29) is 11.7 Å². The molecule has 1 saturated carbocycles. The molecule has 0 atom stereocenters. The molecule has 98 valence electrons. The Morgan fingerprint density at radius 2 is 2.00 bits per heavy atom. The van der Waals surface area contributed by atoms with E-state index in [9.17, 15) is 15.0 Å². The zero-order valence-corrected chi connectivity index (χ0v) is 11.3. The number of phenolic OH excluding ortho intramolecular Hbond substituents is 1. The lowest BCUT2D eigenvalue weighted by molar-refractivity contribution is -0.147. The maximum atomic E-state index is 11.5. The van der Waals surface area contributed by atoms with Gasteiger partial charge in [-0.3, -0.25) is 4.79 Å².